The molecule has 0 radical (unpaired) electrons. The van der Waals surface area contributed by atoms with Crippen LogP contribution in [-0.4, -0.2) is 11.0 Å². The fourth-order valence-electron chi connectivity index (χ4n) is 3.70. The Bertz CT molecular complexity index is 390. The lowest BCUT2D eigenvalue weighted by atomic mass is 9.69. The van der Waals surface area contributed by atoms with E-state index in [4.69, 9.17) is 11.6 Å². The van der Waals surface area contributed by atoms with Crippen molar-refractivity contribution in [2.24, 2.45) is 11.8 Å². The highest BCUT2D eigenvalue weighted by atomic mass is 35.5. The van der Waals surface area contributed by atoms with Crippen molar-refractivity contribution in [3.63, 3.8) is 0 Å². The standard InChI is InChI=1S/C15H21ClN2/c16-15-8-7-14(10-17-15)18-13-6-5-11-3-1-2-4-12(11)9-13/h7-8,10-13,18H,1-6,9H2. The van der Waals surface area contributed by atoms with Crippen LogP contribution in [0.1, 0.15) is 44.9 Å². The summed E-state index contributed by atoms with van der Waals surface area (Å²) in [6.45, 7) is 0. The van der Waals surface area contributed by atoms with Crippen molar-refractivity contribution in [2.75, 3.05) is 5.32 Å². The minimum Gasteiger partial charge on any atom is -0.381 e. The van der Waals surface area contributed by atoms with E-state index in [2.05, 4.69) is 10.3 Å². The molecule has 3 heteroatoms. The Labute approximate surface area is 114 Å². The maximum Gasteiger partial charge on any atom is 0.129 e. The third-order valence-corrected chi connectivity index (χ3v) is 4.86. The lowest BCUT2D eigenvalue weighted by Gasteiger charge is -2.39. The fraction of sp³-hybridized carbons (Fsp3) is 0.667. The van der Waals surface area contributed by atoms with Gasteiger partial charge in [0.2, 0.25) is 0 Å². The molecule has 2 aliphatic rings. The number of anilines is 1. The predicted molar refractivity (Wildman–Crippen MR) is 76.0 cm³/mol. The van der Waals surface area contributed by atoms with E-state index in [1.165, 1.54) is 44.9 Å². The molecule has 3 unspecified atom stereocenters. The van der Waals surface area contributed by atoms with Gasteiger partial charge < -0.3 is 5.32 Å². The summed E-state index contributed by atoms with van der Waals surface area (Å²) in [6.07, 6.45) is 11.7. The van der Waals surface area contributed by atoms with Gasteiger partial charge in [-0.15, -0.1) is 0 Å². The van der Waals surface area contributed by atoms with Crippen molar-refractivity contribution in [3.8, 4) is 0 Å². The highest BCUT2D eigenvalue weighted by molar-refractivity contribution is 6.29. The van der Waals surface area contributed by atoms with Crippen LogP contribution in [0.5, 0.6) is 0 Å². The molecule has 0 bridgehead atoms. The van der Waals surface area contributed by atoms with E-state index < -0.39 is 0 Å². The SMILES string of the molecule is Clc1ccc(NC2CCC3CCCCC3C2)cn1. The highest BCUT2D eigenvalue weighted by Crippen LogP contribution is 2.41. The molecule has 3 rings (SSSR count). The molecule has 0 aromatic carbocycles. The number of halogens is 1. The molecule has 0 aliphatic heterocycles. The monoisotopic (exact) mass is 264 g/mol. The molecule has 1 aromatic rings. The van der Waals surface area contributed by atoms with Crippen molar-refractivity contribution < 1.29 is 0 Å². The summed E-state index contributed by atoms with van der Waals surface area (Å²) in [7, 11) is 0. The van der Waals surface area contributed by atoms with Crippen LogP contribution >= 0.6 is 11.6 Å². The first-order chi connectivity index (χ1) is 8.81. The number of aromatic nitrogens is 1. The Morgan fingerprint density at radius 2 is 1.89 bits per heavy atom. The van der Waals surface area contributed by atoms with Gasteiger partial charge in [-0.3, -0.25) is 0 Å². The molecule has 1 heterocycles. The average molecular weight is 265 g/mol. The largest absolute Gasteiger partial charge is 0.381 e. The summed E-state index contributed by atoms with van der Waals surface area (Å²) in [5, 5.41) is 4.19. The van der Waals surface area contributed by atoms with E-state index >= 15 is 0 Å². The van der Waals surface area contributed by atoms with Crippen LogP contribution in [0, 0.1) is 11.8 Å². The first-order valence-corrected chi connectivity index (χ1v) is 7.57. The van der Waals surface area contributed by atoms with Gasteiger partial charge in [0.15, 0.2) is 0 Å². The molecule has 1 aromatic heterocycles. The van der Waals surface area contributed by atoms with Crippen molar-refractivity contribution >= 4 is 17.3 Å². The van der Waals surface area contributed by atoms with Crippen LogP contribution in [0.3, 0.4) is 0 Å². The van der Waals surface area contributed by atoms with Crippen molar-refractivity contribution in [3.05, 3.63) is 23.5 Å². The quantitative estimate of drug-likeness (QED) is 0.795. The topological polar surface area (TPSA) is 24.9 Å². The number of nitrogens with one attached hydrogen (secondary N) is 1. The van der Waals surface area contributed by atoms with Crippen molar-refractivity contribution in [2.45, 2.75) is 51.0 Å². The molecule has 98 valence electrons. The van der Waals surface area contributed by atoms with E-state index in [0.717, 1.165) is 17.5 Å². The Hall–Kier alpha value is -0.760. The minimum atomic E-state index is 0.566. The summed E-state index contributed by atoms with van der Waals surface area (Å²) in [6, 6.07) is 4.52. The van der Waals surface area contributed by atoms with Crippen LogP contribution in [0.4, 0.5) is 5.69 Å². The molecule has 0 saturated heterocycles. The first-order valence-electron chi connectivity index (χ1n) is 7.19. The van der Waals surface area contributed by atoms with Gasteiger partial charge in [0.05, 0.1) is 11.9 Å². The van der Waals surface area contributed by atoms with Crippen LogP contribution in [0.15, 0.2) is 18.3 Å². The zero-order valence-corrected chi connectivity index (χ0v) is 11.5. The number of fused-ring (bicyclic) bond motifs is 1. The molecule has 2 fully saturated rings. The van der Waals surface area contributed by atoms with E-state index in [-0.39, 0.29) is 0 Å². The number of pyridine rings is 1. The number of hydrogen-bond donors (Lipinski definition) is 1. The summed E-state index contributed by atoms with van der Waals surface area (Å²) >= 11 is 5.81. The van der Waals surface area contributed by atoms with Crippen LogP contribution in [0.25, 0.3) is 0 Å². The second kappa shape index (κ2) is 5.48. The molecule has 1 N–H and O–H groups in total. The molecule has 3 atom stereocenters. The van der Waals surface area contributed by atoms with Crippen molar-refractivity contribution in [1.29, 1.82) is 0 Å². The van der Waals surface area contributed by atoms with Gasteiger partial charge in [-0.2, -0.15) is 0 Å². The molecular formula is C15H21ClN2. The Kier molecular flexibility index (Phi) is 3.74. The minimum absolute atomic E-state index is 0.566. The van der Waals surface area contributed by atoms with Gasteiger partial charge in [-0.25, -0.2) is 4.98 Å². The maximum absolute atomic E-state index is 5.81. The van der Waals surface area contributed by atoms with Crippen LogP contribution < -0.4 is 5.32 Å². The highest BCUT2D eigenvalue weighted by Gasteiger charge is 2.31. The van der Waals surface area contributed by atoms with E-state index in [1.54, 1.807) is 0 Å². The van der Waals surface area contributed by atoms with Gasteiger partial charge in [0.1, 0.15) is 5.15 Å². The van der Waals surface area contributed by atoms with Crippen molar-refractivity contribution in [1.82, 2.24) is 4.98 Å². The molecule has 0 spiro atoms. The van der Waals surface area contributed by atoms with Gasteiger partial charge in [0, 0.05) is 6.04 Å². The number of rotatable bonds is 2. The number of hydrogen-bond acceptors (Lipinski definition) is 2. The molecule has 2 nitrogen and oxygen atoms in total. The smallest absolute Gasteiger partial charge is 0.129 e. The summed E-state index contributed by atoms with van der Waals surface area (Å²) in [4.78, 5) is 4.13. The number of nitrogens with zero attached hydrogens (tertiary/aromatic N) is 1. The lowest BCUT2D eigenvalue weighted by molar-refractivity contribution is 0.162. The fourth-order valence-corrected chi connectivity index (χ4v) is 3.81. The molecular weight excluding hydrogens is 244 g/mol. The third kappa shape index (κ3) is 2.80. The Morgan fingerprint density at radius 1 is 1.06 bits per heavy atom. The second-order valence-corrected chi connectivity index (χ2v) is 6.22. The van der Waals surface area contributed by atoms with Gasteiger partial charge in [0.25, 0.3) is 0 Å². The van der Waals surface area contributed by atoms with E-state index in [9.17, 15) is 0 Å². The average Bonchev–Trinajstić information content (AvgIpc) is 2.41. The predicted octanol–water partition coefficient (Wildman–Crippen LogP) is 4.51. The zero-order valence-electron chi connectivity index (χ0n) is 10.7. The van der Waals surface area contributed by atoms with Crippen LogP contribution in [0.2, 0.25) is 5.15 Å². The summed E-state index contributed by atoms with van der Waals surface area (Å²) in [5.74, 6) is 1.98. The Morgan fingerprint density at radius 3 is 2.67 bits per heavy atom. The third-order valence-electron chi connectivity index (χ3n) is 4.64. The Balaban J connectivity index is 1.59. The maximum atomic E-state index is 5.81. The first kappa shape index (κ1) is 12.3. The molecule has 18 heavy (non-hydrogen) atoms. The van der Waals surface area contributed by atoms with Gasteiger partial charge >= 0.3 is 0 Å². The molecule has 0 amide bonds. The van der Waals surface area contributed by atoms with Gasteiger partial charge in [-0.05, 0) is 43.2 Å². The van der Waals surface area contributed by atoms with Crippen LogP contribution in [-0.2, 0) is 0 Å². The van der Waals surface area contributed by atoms with Gasteiger partial charge in [-0.1, -0.05) is 37.3 Å². The molecule has 2 saturated carbocycles. The summed E-state index contributed by atoms with van der Waals surface area (Å²) < 4.78 is 0. The zero-order chi connectivity index (χ0) is 12.4. The summed E-state index contributed by atoms with van der Waals surface area (Å²) in [5.41, 5.74) is 1.11. The van der Waals surface area contributed by atoms with E-state index in [0.29, 0.717) is 11.2 Å². The second-order valence-electron chi connectivity index (χ2n) is 5.83. The van der Waals surface area contributed by atoms with E-state index in [1.807, 2.05) is 18.3 Å². The normalized spacial score (nSPS) is 31.7. The lowest BCUT2D eigenvalue weighted by Crippen LogP contribution is -2.34. The molecule has 2 aliphatic carbocycles.